The van der Waals surface area contributed by atoms with Gasteiger partial charge < -0.3 is 14.8 Å². The van der Waals surface area contributed by atoms with Crippen LogP contribution in [0.1, 0.15) is 28.8 Å². The molecule has 0 aliphatic carbocycles. The third-order valence-corrected chi connectivity index (χ3v) is 7.64. The summed E-state index contributed by atoms with van der Waals surface area (Å²) < 4.78 is 38.2. The molecule has 162 valence electrons. The normalized spacial score (nSPS) is 14.5. The predicted octanol–water partition coefficient (Wildman–Crippen LogP) is 3.22. The maximum atomic E-state index is 12.8. The number of carbonyl (C=O) groups excluding carboxylic acids is 1. The van der Waals surface area contributed by atoms with Gasteiger partial charge in [0.2, 0.25) is 10.0 Å². The van der Waals surface area contributed by atoms with Crippen LogP contribution in [0.3, 0.4) is 0 Å². The lowest BCUT2D eigenvalue weighted by Crippen LogP contribution is -2.29. The minimum absolute atomic E-state index is 0.132. The second kappa shape index (κ2) is 9.80. The van der Waals surface area contributed by atoms with E-state index in [-0.39, 0.29) is 16.4 Å². The molecule has 1 aliphatic rings. The van der Waals surface area contributed by atoms with E-state index in [0.29, 0.717) is 42.0 Å². The number of carbonyl (C=O) groups is 1. The van der Waals surface area contributed by atoms with Crippen molar-refractivity contribution in [3.8, 4) is 11.5 Å². The van der Waals surface area contributed by atoms with E-state index in [1.165, 1.54) is 16.4 Å². The number of rotatable bonds is 8. The molecule has 3 rings (SSSR count). The number of methoxy groups -OCH3 is 2. The SMILES string of the molecule is COc1ccc(OC)c(CCNC(=O)c2cc(S(=O)(=O)N3CCCC3)ccc2Br)c1. The van der Waals surface area contributed by atoms with E-state index in [0.717, 1.165) is 18.4 Å². The van der Waals surface area contributed by atoms with E-state index in [1.807, 2.05) is 18.2 Å². The molecule has 7 nitrogen and oxygen atoms in total. The van der Waals surface area contributed by atoms with Gasteiger partial charge in [0.15, 0.2) is 0 Å². The van der Waals surface area contributed by atoms with Crippen molar-refractivity contribution in [2.24, 2.45) is 0 Å². The first-order chi connectivity index (χ1) is 14.4. The number of halogens is 1. The van der Waals surface area contributed by atoms with Gasteiger partial charge >= 0.3 is 0 Å². The van der Waals surface area contributed by atoms with E-state index >= 15 is 0 Å². The van der Waals surface area contributed by atoms with Crippen LogP contribution in [0, 0.1) is 0 Å². The first kappa shape index (κ1) is 22.6. The largest absolute Gasteiger partial charge is 0.497 e. The minimum Gasteiger partial charge on any atom is -0.497 e. The standard InChI is InChI=1S/C21H25BrN2O5S/c1-28-16-5-8-20(29-2)15(13-16)9-10-23-21(25)18-14-17(6-7-19(18)22)30(26,27)24-11-3-4-12-24/h5-8,13-14H,3-4,9-12H2,1-2H3,(H,23,25). The summed E-state index contributed by atoms with van der Waals surface area (Å²) >= 11 is 3.35. The van der Waals surface area contributed by atoms with Crippen molar-refractivity contribution >= 4 is 31.9 Å². The Morgan fingerprint density at radius 1 is 1.10 bits per heavy atom. The summed E-state index contributed by atoms with van der Waals surface area (Å²) in [5, 5.41) is 2.85. The Bertz CT molecular complexity index is 1020. The average molecular weight is 497 g/mol. The van der Waals surface area contributed by atoms with Crippen molar-refractivity contribution in [1.82, 2.24) is 9.62 Å². The molecule has 30 heavy (non-hydrogen) atoms. The Morgan fingerprint density at radius 3 is 2.50 bits per heavy atom. The highest BCUT2D eigenvalue weighted by Gasteiger charge is 2.28. The van der Waals surface area contributed by atoms with E-state index in [4.69, 9.17) is 9.47 Å². The number of sulfonamides is 1. The molecule has 0 aromatic heterocycles. The first-order valence-corrected chi connectivity index (χ1v) is 11.9. The lowest BCUT2D eigenvalue weighted by molar-refractivity contribution is 0.0953. The zero-order valence-electron chi connectivity index (χ0n) is 17.0. The van der Waals surface area contributed by atoms with Crippen molar-refractivity contribution in [3.05, 3.63) is 52.0 Å². The minimum atomic E-state index is -3.59. The lowest BCUT2D eigenvalue weighted by atomic mass is 10.1. The van der Waals surface area contributed by atoms with Crippen LogP contribution in [0.4, 0.5) is 0 Å². The van der Waals surface area contributed by atoms with Crippen LogP contribution in [0.5, 0.6) is 11.5 Å². The summed E-state index contributed by atoms with van der Waals surface area (Å²) in [5.74, 6) is 1.08. The highest BCUT2D eigenvalue weighted by Crippen LogP contribution is 2.26. The molecule has 1 amide bonds. The number of hydrogen-bond donors (Lipinski definition) is 1. The van der Waals surface area contributed by atoms with Crippen molar-refractivity contribution in [1.29, 1.82) is 0 Å². The van der Waals surface area contributed by atoms with Gasteiger partial charge in [-0.05, 0) is 77.2 Å². The van der Waals surface area contributed by atoms with Gasteiger partial charge in [0.25, 0.3) is 5.91 Å². The van der Waals surface area contributed by atoms with E-state index < -0.39 is 10.0 Å². The fourth-order valence-electron chi connectivity index (χ4n) is 3.40. The molecular formula is C21H25BrN2O5S. The molecule has 1 fully saturated rings. The molecule has 1 aliphatic heterocycles. The molecular weight excluding hydrogens is 472 g/mol. The van der Waals surface area contributed by atoms with Crippen molar-refractivity contribution in [2.75, 3.05) is 33.9 Å². The molecule has 0 spiro atoms. The zero-order valence-corrected chi connectivity index (χ0v) is 19.4. The van der Waals surface area contributed by atoms with Crippen molar-refractivity contribution < 1.29 is 22.7 Å². The van der Waals surface area contributed by atoms with Crippen LogP contribution in [-0.4, -0.2) is 52.5 Å². The van der Waals surface area contributed by atoms with Crippen molar-refractivity contribution in [2.45, 2.75) is 24.2 Å². The van der Waals surface area contributed by atoms with Crippen LogP contribution >= 0.6 is 15.9 Å². The van der Waals surface area contributed by atoms with E-state index in [9.17, 15) is 13.2 Å². The molecule has 1 heterocycles. The molecule has 0 unspecified atom stereocenters. The molecule has 1 saturated heterocycles. The maximum absolute atomic E-state index is 12.8. The van der Waals surface area contributed by atoms with Gasteiger partial charge in [0.1, 0.15) is 11.5 Å². The number of ether oxygens (including phenoxy) is 2. The molecule has 0 radical (unpaired) electrons. The summed E-state index contributed by atoms with van der Waals surface area (Å²) in [6.45, 7) is 1.39. The smallest absolute Gasteiger partial charge is 0.252 e. The first-order valence-electron chi connectivity index (χ1n) is 9.65. The van der Waals surface area contributed by atoms with Gasteiger partial charge in [-0.3, -0.25) is 4.79 Å². The lowest BCUT2D eigenvalue weighted by Gasteiger charge is -2.16. The van der Waals surface area contributed by atoms with Crippen LogP contribution in [0.2, 0.25) is 0 Å². The summed E-state index contributed by atoms with van der Waals surface area (Å²) in [4.78, 5) is 12.9. The second-order valence-electron chi connectivity index (χ2n) is 6.94. The number of amides is 1. The summed E-state index contributed by atoms with van der Waals surface area (Å²) in [6, 6.07) is 10.0. The van der Waals surface area contributed by atoms with Crippen LogP contribution in [0.15, 0.2) is 45.8 Å². The van der Waals surface area contributed by atoms with Gasteiger partial charge in [-0.25, -0.2) is 8.42 Å². The number of hydrogen-bond acceptors (Lipinski definition) is 5. The molecule has 0 bridgehead atoms. The highest BCUT2D eigenvalue weighted by atomic mass is 79.9. The van der Waals surface area contributed by atoms with E-state index in [2.05, 4.69) is 21.2 Å². The van der Waals surface area contributed by atoms with Crippen LogP contribution in [-0.2, 0) is 16.4 Å². The summed E-state index contributed by atoms with van der Waals surface area (Å²) in [7, 11) is -0.408. The summed E-state index contributed by atoms with van der Waals surface area (Å²) in [6.07, 6.45) is 2.25. The van der Waals surface area contributed by atoms with Gasteiger partial charge in [-0.15, -0.1) is 0 Å². The topological polar surface area (TPSA) is 84.9 Å². The molecule has 0 saturated carbocycles. The average Bonchev–Trinajstić information content (AvgIpc) is 3.29. The Labute approximate surface area is 185 Å². The van der Waals surface area contributed by atoms with Crippen LogP contribution < -0.4 is 14.8 Å². The molecule has 9 heteroatoms. The Morgan fingerprint density at radius 2 is 1.83 bits per heavy atom. The van der Waals surface area contributed by atoms with E-state index in [1.54, 1.807) is 20.3 Å². The molecule has 1 N–H and O–H groups in total. The number of benzene rings is 2. The third-order valence-electron chi connectivity index (χ3n) is 5.05. The Hall–Kier alpha value is -2.10. The second-order valence-corrected chi connectivity index (χ2v) is 9.73. The highest BCUT2D eigenvalue weighted by molar-refractivity contribution is 9.10. The maximum Gasteiger partial charge on any atom is 0.252 e. The van der Waals surface area contributed by atoms with Crippen LogP contribution in [0.25, 0.3) is 0 Å². The van der Waals surface area contributed by atoms with Gasteiger partial charge in [0, 0.05) is 24.1 Å². The Kier molecular flexibility index (Phi) is 7.38. The Balaban J connectivity index is 1.71. The summed E-state index contributed by atoms with van der Waals surface area (Å²) in [5.41, 5.74) is 1.19. The van der Waals surface area contributed by atoms with Crippen molar-refractivity contribution in [3.63, 3.8) is 0 Å². The third kappa shape index (κ3) is 4.96. The monoisotopic (exact) mass is 496 g/mol. The fraction of sp³-hybridized carbons (Fsp3) is 0.381. The predicted molar refractivity (Wildman–Crippen MR) is 118 cm³/mol. The fourth-order valence-corrected chi connectivity index (χ4v) is 5.37. The number of nitrogens with one attached hydrogen (secondary N) is 1. The molecule has 0 atom stereocenters. The zero-order chi connectivity index (χ0) is 21.7. The number of nitrogens with zero attached hydrogens (tertiary/aromatic N) is 1. The van der Waals surface area contributed by atoms with Gasteiger partial charge in [0.05, 0.1) is 24.7 Å². The van der Waals surface area contributed by atoms with Gasteiger partial charge in [-0.1, -0.05) is 0 Å². The quantitative estimate of drug-likeness (QED) is 0.606. The molecule has 2 aromatic rings. The molecule has 2 aromatic carbocycles. The van der Waals surface area contributed by atoms with Gasteiger partial charge in [-0.2, -0.15) is 4.31 Å².